The summed E-state index contributed by atoms with van der Waals surface area (Å²) in [6.45, 7) is 5.93. The van der Waals surface area contributed by atoms with Crippen LogP contribution in [0.2, 0.25) is 5.15 Å². The number of nitrogens with zero attached hydrogens (tertiary/aromatic N) is 3. The fraction of sp³-hybridized carbons (Fsp3) is 0.500. The first-order valence-corrected chi connectivity index (χ1v) is 6.33. The predicted molar refractivity (Wildman–Crippen MR) is 67.2 cm³/mol. The lowest BCUT2D eigenvalue weighted by atomic mass is 10.2. The van der Waals surface area contributed by atoms with Crippen LogP contribution in [0.3, 0.4) is 0 Å². The molecule has 18 heavy (non-hydrogen) atoms. The summed E-state index contributed by atoms with van der Waals surface area (Å²) in [5.41, 5.74) is -0.0000477. The minimum Gasteiger partial charge on any atom is -0.336 e. The normalized spacial score (nSPS) is 16.9. The second kappa shape index (κ2) is 5.63. The van der Waals surface area contributed by atoms with Crippen LogP contribution in [0.1, 0.15) is 17.3 Å². The molecule has 0 atom stereocenters. The highest BCUT2D eigenvalue weighted by Crippen LogP contribution is 2.17. The fourth-order valence-electron chi connectivity index (χ4n) is 2.02. The van der Waals surface area contributed by atoms with Gasteiger partial charge in [-0.05, 0) is 12.6 Å². The van der Waals surface area contributed by atoms with E-state index in [0.717, 1.165) is 19.6 Å². The molecule has 1 saturated heterocycles. The largest absolute Gasteiger partial charge is 0.336 e. The molecule has 1 fully saturated rings. The molecule has 6 heteroatoms. The van der Waals surface area contributed by atoms with Gasteiger partial charge in [-0.1, -0.05) is 18.5 Å². The van der Waals surface area contributed by atoms with E-state index in [1.54, 1.807) is 4.90 Å². The van der Waals surface area contributed by atoms with E-state index in [0.29, 0.717) is 13.1 Å². The van der Waals surface area contributed by atoms with Crippen LogP contribution in [-0.4, -0.2) is 53.4 Å². The van der Waals surface area contributed by atoms with Crippen LogP contribution in [0.25, 0.3) is 0 Å². The molecule has 1 aromatic rings. The molecule has 4 nitrogen and oxygen atoms in total. The Morgan fingerprint density at radius 2 is 2.11 bits per heavy atom. The Bertz CT molecular complexity index is 447. The van der Waals surface area contributed by atoms with Gasteiger partial charge in [0.15, 0.2) is 11.0 Å². The number of halogens is 2. The molecule has 2 rings (SSSR count). The molecule has 1 aromatic heterocycles. The number of carbonyl (C=O) groups is 1. The van der Waals surface area contributed by atoms with Crippen molar-refractivity contribution in [2.45, 2.75) is 6.92 Å². The molecular formula is C12H15ClFN3O. The average molecular weight is 272 g/mol. The van der Waals surface area contributed by atoms with Crippen molar-refractivity contribution in [1.29, 1.82) is 0 Å². The molecule has 0 bridgehead atoms. The van der Waals surface area contributed by atoms with Crippen molar-refractivity contribution < 1.29 is 9.18 Å². The zero-order valence-corrected chi connectivity index (χ0v) is 11.0. The fourth-order valence-corrected chi connectivity index (χ4v) is 2.18. The maximum absolute atomic E-state index is 13.7. The second-order valence-electron chi connectivity index (χ2n) is 4.19. The zero-order chi connectivity index (χ0) is 13.1. The molecule has 1 aliphatic heterocycles. The van der Waals surface area contributed by atoms with E-state index >= 15 is 0 Å². The predicted octanol–water partition coefficient (Wildman–Crippen LogP) is 1.65. The highest BCUT2D eigenvalue weighted by molar-refractivity contribution is 6.29. The maximum Gasteiger partial charge on any atom is 0.257 e. The van der Waals surface area contributed by atoms with E-state index in [-0.39, 0.29) is 16.6 Å². The van der Waals surface area contributed by atoms with Crippen LogP contribution >= 0.6 is 11.6 Å². The lowest BCUT2D eigenvalue weighted by Crippen LogP contribution is -2.48. The Kier molecular flexibility index (Phi) is 4.14. The Balaban J connectivity index is 2.10. The molecule has 2 heterocycles. The Morgan fingerprint density at radius 3 is 2.72 bits per heavy atom. The van der Waals surface area contributed by atoms with Crippen LogP contribution in [0.15, 0.2) is 12.3 Å². The molecule has 98 valence electrons. The number of aromatic nitrogens is 1. The van der Waals surface area contributed by atoms with Crippen molar-refractivity contribution in [3.8, 4) is 0 Å². The number of amides is 1. The summed E-state index contributed by atoms with van der Waals surface area (Å²) in [6.07, 6.45) is 1.35. The molecule has 0 saturated carbocycles. The van der Waals surface area contributed by atoms with Crippen LogP contribution < -0.4 is 0 Å². The van der Waals surface area contributed by atoms with Crippen molar-refractivity contribution in [3.63, 3.8) is 0 Å². The van der Waals surface area contributed by atoms with Crippen LogP contribution in [0, 0.1) is 5.82 Å². The van der Waals surface area contributed by atoms with Crippen LogP contribution in [-0.2, 0) is 0 Å². The summed E-state index contributed by atoms with van der Waals surface area (Å²) in [5.74, 6) is -1.05. The third-order valence-corrected chi connectivity index (χ3v) is 3.45. The standard InChI is InChI=1S/C12H15ClFN3O/c1-2-16-5-7-17(8-6-16)12(18)9-3-4-15-11(13)10(9)14/h3-4H,2,5-8H2,1H3. The first-order chi connectivity index (χ1) is 8.63. The zero-order valence-electron chi connectivity index (χ0n) is 10.2. The van der Waals surface area contributed by atoms with Gasteiger partial charge >= 0.3 is 0 Å². The molecule has 1 aliphatic rings. The maximum atomic E-state index is 13.7. The van der Waals surface area contributed by atoms with E-state index in [9.17, 15) is 9.18 Å². The number of piperazine rings is 1. The van der Waals surface area contributed by atoms with Crippen molar-refractivity contribution >= 4 is 17.5 Å². The number of pyridine rings is 1. The minimum absolute atomic E-state index is 0.0000477. The van der Waals surface area contributed by atoms with Gasteiger partial charge in [0.05, 0.1) is 5.56 Å². The smallest absolute Gasteiger partial charge is 0.257 e. The van der Waals surface area contributed by atoms with E-state index in [1.165, 1.54) is 12.3 Å². The molecule has 0 spiro atoms. The van der Waals surface area contributed by atoms with Crippen molar-refractivity contribution in [2.75, 3.05) is 32.7 Å². The lowest BCUT2D eigenvalue weighted by molar-refractivity contribution is 0.0638. The minimum atomic E-state index is -0.734. The Labute approximate surface area is 110 Å². The topological polar surface area (TPSA) is 36.4 Å². The van der Waals surface area contributed by atoms with E-state index < -0.39 is 5.82 Å². The molecule has 1 amide bonds. The molecule has 0 radical (unpaired) electrons. The number of hydrogen-bond donors (Lipinski definition) is 0. The Morgan fingerprint density at radius 1 is 1.44 bits per heavy atom. The molecule has 0 unspecified atom stereocenters. The molecular weight excluding hydrogens is 257 g/mol. The van der Waals surface area contributed by atoms with Gasteiger partial charge in [0.1, 0.15) is 0 Å². The quantitative estimate of drug-likeness (QED) is 0.768. The van der Waals surface area contributed by atoms with Gasteiger partial charge in [-0.2, -0.15) is 0 Å². The third-order valence-electron chi connectivity index (χ3n) is 3.18. The van der Waals surface area contributed by atoms with Gasteiger partial charge in [0.25, 0.3) is 5.91 Å². The molecule has 0 aliphatic carbocycles. The third kappa shape index (κ3) is 2.62. The van der Waals surface area contributed by atoms with Crippen LogP contribution in [0.5, 0.6) is 0 Å². The number of likely N-dealkylation sites (N-methyl/N-ethyl adjacent to an activating group) is 1. The van der Waals surface area contributed by atoms with Gasteiger partial charge < -0.3 is 9.80 Å². The van der Waals surface area contributed by atoms with Gasteiger partial charge in [-0.25, -0.2) is 9.37 Å². The van der Waals surface area contributed by atoms with Gasteiger partial charge in [-0.15, -0.1) is 0 Å². The number of rotatable bonds is 2. The summed E-state index contributed by atoms with van der Waals surface area (Å²) in [4.78, 5) is 19.7. The summed E-state index contributed by atoms with van der Waals surface area (Å²) in [6, 6.07) is 1.37. The highest BCUT2D eigenvalue weighted by atomic mass is 35.5. The lowest BCUT2D eigenvalue weighted by Gasteiger charge is -2.34. The number of hydrogen-bond acceptors (Lipinski definition) is 3. The average Bonchev–Trinajstić information content (AvgIpc) is 2.41. The van der Waals surface area contributed by atoms with E-state index in [1.807, 2.05) is 0 Å². The highest BCUT2D eigenvalue weighted by Gasteiger charge is 2.24. The summed E-state index contributed by atoms with van der Waals surface area (Å²) in [7, 11) is 0. The summed E-state index contributed by atoms with van der Waals surface area (Å²) >= 11 is 5.58. The first kappa shape index (κ1) is 13.2. The SMILES string of the molecule is CCN1CCN(C(=O)c2ccnc(Cl)c2F)CC1. The van der Waals surface area contributed by atoms with Crippen LogP contribution in [0.4, 0.5) is 4.39 Å². The Hall–Kier alpha value is -1.20. The van der Waals surface area contributed by atoms with Gasteiger partial charge in [0, 0.05) is 32.4 Å². The first-order valence-electron chi connectivity index (χ1n) is 5.95. The molecule has 0 N–H and O–H groups in total. The van der Waals surface area contributed by atoms with Gasteiger partial charge in [-0.3, -0.25) is 4.79 Å². The van der Waals surface area contributed by atoms with E-state index in [2.05, 4.69) is 16.8 Å². The van der Waals surface area contributed by atoms with E-state index in [4.69, 9.17) is 11.6 Å². The van der Waals surface area contributed by atoms with Crippen molar-refractivity contribution in [1.82, 2.24) is 14.8 Å². The summed E-state index contributed by atoms with van der Waals surface area (Å²) in [5, 5.41) is -0.256. The molecule has 0 aromatic carbocycles. The van der Waals surface area contributed by atoms with Crippen molar-refractivity contribution in [3.05, 3.63) is 28.8 Å². The van der Waals surface area contributed by atoms with Gasteiger partial charge in [0.2, 0.25) is 0 Å². The summed E-state index contributed by atoms with van der Waals surface area (Å²) < 4.78 is 13.7. The van der Waals surface area contributed by atoms with Crippen molar-refractivity contribution in [2.24, 2.45) is 0 Å². The number of carbonyl (C=O) groups excluding carboxylic acids is 1. The monoisotopic (exact) mass is 271 g/mol. The second-order valence-corrected chi connectivity index (χ2v) is 4.55.